The van der Waals surface area contributed by atoms with E-state index in [-0.39, 0.29) is 5.82 Å². The molecule has 0 aliphatic rings. The van der Waals surface area contributed by atoms with Crippen LogP contribution in [0.15, 0.2) is 36.5 Å². The minimum Gasteiger partial charge on any atom is -0.489 e. The number of nitrogen functional groups attached to an aromatic ring is 1. The van der Waals surface area contributed by atoms with Crippen LogP contribution in [-0.4, -0.2) is 4.98 Å². The van der Waals surface area contributed by atoms with E-state index in [1.807, 2.05) is 6.07 Å². The van der Waals surface area contributed by atoms with E-state index in [2.05, 4.69) is 4.98 Å². The highest BCUT2D eigenvalue weighted by molar-refractivity contribution is 5.30. The molecule has 0 aliphatic carbocycles. The molecule has 0 amide bonds. The fraction of sp³-hybridized carbons (Fsp3) is 0.154. The molecule has 17 heavy (non-hydrogen) atoms. The number of nitrogens with two attached hydrogens (primary N) is 1. The highest BCUT2D eigenvalue weighted by atomic mass is 19.1. The van der Waals surface area contributed by atoms with Gasteiger partial charge in [0, 0.05) is 17.8 Å². The molecule has 0 bridgehead atoms. The standard InChI is InChI=1S/C13H13FN2O/c1-9-2-4-11(6-12(9)14)17-8-10-3-5-13(15)16-7-10/h2-7H,8H2,1H3,(H2,15,16). The van der Waals surface area contributed by atoms with Crippen LogP contribution in [0.5, 0.6) is 5.75 Å². The van der Waals surface area contributed by atoms with Gasteiger partial charge in [0.2, 0.25) is 0 Å². The molecule has 1 aromatic carbocycles. The first-order chi connectivity index (χ1) is 8.15. The molecule has 88 valence electrons. The van der Waals surface area contributed by atoms with Crippen molar-refractivity contribution >= 4 is 5.82 Å². The smallest absolute Gasteiger partial charge is 0.129 e. The number of hydrogen-bond acceptors (Lipinski definition) is 3. The van der Waals surface area contributed by atoms with Crippen molar-refractivity contribution in [3.63, 3.8) is 0 Å². The average molecular weight is 232 g/mol. The Morgan fingerprint density at radius 3 is 2.76 bits per heavy atom. The van der Waals surface area contributed by atoms with Gasteiger partial charge in [-0.25, -0.2) is 9.37 Å². The molecular weight excluding hydrogens is 219 g/mol. The van der Waals surface area contributed by atoms with Crippen molar-refractivity contribution in [3.05, 3.63) is 53.5 Å². The van der Waals surface area contributed by atoms with Crippen molar-refractivity contribution in [1.29, 1.82) is 0 Å². The van der Waals surface area contributed by atoms with E-state index in [4.69, 9.17) is 10.5 Å². The van der Waals surface area contributed by atoms with Crippen LogP contribution in [0.1, 0.15) is 11.1 Å². The summed E-state index contributed by atoms with van der Waals surface area (Å²) in [5.74, 6) is 0.706. The van der Waals surface area contributed by atoms with Gasteiger partial charge in [-0.05, 0) is 24.6 Å². The second kappa shape index (κ2) is 4.82. The molecular formula is C13H13FN2O. The number of pyridine rings is 1. The van der Waals surface area contributed by atoms with Gasteiger partial charge in [-0.2, -0.15) is 0 Å². The molecule has 0 radical (unpaired) electrons. The van der Waals surface area contributed by atoms with Gasteiger partial charge in [-0.1, -0.05) is 12.1 Å². The maximum absolute atomic E-state index is 13.2. The first-order valence-electron chi connectivity index (χ1n) is 5.24. The molecule has 0 aliphatic heterocycles. The summed E-state index contributed by atoms with van der Waals surface area (Å²) in [4.78, 5) is 3.95. The van der Waals surface area contributed by atoms with Crippen LogP contribution in [0, 0.1) is 12.7 Å². The van der Waals surface area contributed by atoms with E-state index in [9.17, 15) is 4.39 Å². The van der Waals surface area contributed by atoms with E-state index in [1.165, 1.54) is 6.07 Å². The zero-order valence-electron chi connectivity index (χ0n) is 9.48. The Bertz CT molecular complexity index is 511. The highest BCUT2D eigenvalue weighted by Gasteiger charge is 2.01. The number of rotatable bonds is 3. The molecule has 3 nitrogen and oxygen atoms in total. The number of halogens is 1. The van der Waals surface area contributed by atoms with E-state index >= 15 is 0 Å². The first kappa shape index (κ1) is 11.4. The molecule has 1 heterocycles. The molecule has 0 saturated carbocycles. The van der Waals surface area contributed by atoms with Crippen LogP contribution in [0.25, 0.3) is 0 Å². The molecule has 2 N–H and O–H groups in total. The molecule has 0 atom stereocenters. The van der Waals surface area contributed by atoms with Crippen LogP contribution in [0.4, 0.5) is 10.2 Å². The largest absolute Gasteiger partial charge is 0.489 e. The highest BCUT2D eigenvalue weighted by Crippen LogP contribution is 2.17. The maximum Gasteiger partial charge on any atom is 0.129 e. The van der Waals surface area contributed by atoms with Gasteiger partial charge in [-0.15, -0.1) is 0 Å². The zero-order chi connectivity index (χ0) is 12.3. The molecule has 0 spiro atoms. The summed E-state index contributed by atoms with van der Waals surface area (Å²) < 4.78 is 18.7. The Kier molecular flexibility index (Phi) is 3.23. The van der Waals surface area contributed by atoms with E-state index in [0.29, 0.717) is 23.7 Å². The van der Waals surface area contributed by atoms with Gasteiger partial charge in [-0.3, -0.25) is 0 Å². The normalized spacial score (nSPS) is 10.2. The third-order valence-corrected chi connectivity index (χ3v) is 2.40. The van der Waals surface area contributed by atoms with Crippen LogP contribution in [0.3, 0.4) is 0 Å². The fourth-order valence-corrected chi connectivity index (χ4v) is 1.35. The number of aryl methyl sites for hydroxylation is 1. The third-order valence-electron chi connectivity index (χ3n) is 2.40. The molecule has 4 heteroatoms. The molecule has 2 aromatic rings. The van der Waals surface area contributed by atoms with E-state index in [1.54, 1.807) is 31.3 Å². The number of nitrogens with zero attached hydrogens (tertiary/aromatic N) is 1. The lowest BCUT2D eigenvalue weighted by molar-refractivity contribution is 0.304. The van der Waals surface area contributed by atoms with E-state index in [0.717, 1.165) is 5.56 Å². The molecule has 2 rings (SSSR count). The second-order valence-corrected chi connectivity index (χ2v) is 3.79. The van der Waals surface area contributed by atoms with Gasteiger partial charge in [0.1, 0.15) is 24.0 Å². The molecule has 0 fully saturated rings. The van der Waals surface area contributed by atoms with Crippen molar-refractivity contribution in [2.24, 2.45) is 0 Å². The minimum atomic E-state index is -0.266. The Hall–Kier alpha value is -2.10. The number of anilines is 1. The predicted molar refractivity (Wildman–Crippen MR) is 64.1 cm³/mol. The third kappa shape index (κ3) is 2.93. The van der Waals surface area contributed by atoms with Gasteiger partial charge in [0.05, 0.1) is 0 Å². The van der Waals surface area contributed by atoms with E-state index < -0.39 is 0 Å². The summed E-state index contributed by atoms with van der Waals surface area (Å²) in [6.07, 6.45) is 1.64. The van der Waals surface area contributed by atoms with Crippen LogP contribution < -0.4 is 10.5 Å². The van der Waals surface area contributed by atoms with Crippen LogP contribution in [-0.2, 0) is 6.61 Å². The fourth-order valence-electron chi connectivity index (χ4n) is 1.35. The van der Waals surface area contributed by atoms with Gasteiger partial charge < -0.3 is 10.5 Å². The van der Waals surface area contributed by atoms with Gasteiger partial charge in [0.15, 0.2) is 0 Å². The molecule has 0 unspecified atom stereocenters. The van der Waals surface area contributed by atoms with Crippen LogP contribution >= 0.6 is 0 Å². The predicted octanol–water partition coefficient (Wildman–Crippen LogP) is 2.69. The molecule has 1 aromatic heterocycles. The number of hydrogen-bond donors (Lipinski definition) is 1. The lowest BCUT2D eigenvalue weighted by Gasteiger charge is -2.07. The monoisotopic (exact) mass is 232 g/mol. The van der Waals surface area contributed by atoms with Crippen molar-refractivity contribution in [3.8, 4) is 5.75 Å². The number of ether oxygens (including phenoxy) is 1. The lowest BCUT2D eigenvalue weighted by atomic mass is 10.2. The first-order valence-corrected chi connectivity index (χ1v) is 5.24. The Morgan fingerprint density at radius 1 is 1.29 bits per heavy atom. The molecule has 0 saturated heterocycles. The minimum absolute atomic E-state index is 0.266. The summed E-state index contributed by atoms with van der Waals surface area (Å²) in [6, 6.07) is 8.33. The van der Waals surface area contributed by atoms with Gasteiger partial charge in [0.25, 0.3) is 0 Å². The van der Waals surface area contributed by atoms with Crippen molar-refractivity contribution in [2.75, 3.05) is 5.73 Å². The summed E-state index contributed by atoms with van der Waals surface area (Å²) in [7, 11) is 0. The topological polar surface area (TPSA) is 48.1 Å². The summed E-state index contributed by atoms with van der Waals surface area (Å²) in [5, 5.41) is 0. The Morgan fingerprint density at radius 2 is 2.12 bits per heavy atom. The Balaban J connectivity index is 2.02. The lowest BCUT2D eigenvalue weighted by Crippen LogP contribution is -1.98. The Labute approximate surface area is 99.1 Å². The van der Waals surface area contributed by atoms with Gasteiger partial charge >= 0.3 is 0 Å². The quantitative estimate of drug-likeness (QED) is 0.885. The summed E-state index contributed by atoms with van der Waals surface area (Å²) in [6.45, 7) is 2.05. The number of aromatic nitrogens is 1. The average Bonchev–Trinajstić information content (AvgIpc) is 2.33. The summed E-state index contributed by atoms with van der Waals surface area (Å²) in [5.41, 5.74) is 6.96. The van der Waals surface area contributed by atoms with Crippen LogP contribution in [0.2, 0.25) is 0 Å². The SMILES string of the molecule is Cc1ccc(OCc2ccc(N)nc2)cc1F. The van der Waals surface area contributed by atoms with Crippen molar-refractivity contribution < 1.29 is 9.13 Å². The maximum atomic E-state index is 13.2. The number of benzene rings is 1. The second-order valence-electron chi connectivity index (χ2n) is 3.79. The van der Waals surface area contributed by atoms with Crippen molar-refractivity contribution in [2.45, 2.75) is 13.5 Å². The zero-order valence-corrected chi connectivity index (χ0v) is 9.48. The van der Waals surface area contributed by atoms with Crippen molar-refractivity contribution in [1.82, 2.24) is 4.98 Å². The summed E-state index contributed by atoms with van der Waals surface area (Å²) >= 11 is 0.